The molecule has 2 aromatic carbocycles. The standard InChI is InChI=1S/C22H25NO4/c24-21(25)19(14-17-8-3-1-4-9-17)15-20-12-7-13-23(20)22(26)27-16-18-10-5-2-6-11-18/h1-6,8-11,19-20H,7,12-16H2,(H,24,25)/t19-,20-/m0/s1. The van der Waals surface area contributed by atoms with Crippen LogP contribution in [0, 0.1) is 5.92 Å². The van der Waals surface area contributed by atoms with Gasteiger partial charge in [-0.2, -0.15) is 0 Å². The van der Waals surface area contributed by atoms with Crippen LogP contribution in [0.15, 0.2) is 60.7 Å². The average molecular weight is 367 g/mol. The van der Waals surface area contributed by atoms with Crippen LogP contribution in [0.4, 0.5) is 4.79 Å². The molecule has 1 heterocycles. The fourth-order valence-corrected chi connectivity index (χ4v) is 3.62. The lowest BCUT2D eigenvalue weighted by molar-refractivity contribution is -0.142. The van der Waals surface area contributed by atoms with E-state index < -0.39 is 11.9 Å². The molecule has 0 radical (unpaired) electrons. The molecule has 1 fully saturated rings. The second kappa shape index (κ2) is 9.21. The summed E-state index contributed by atoms with van der Waals surface area (Å²) < 4.78 is 5.44. The number of aliphatic carboxylic acids is 1. The van der Waals surface area contributed by atoms with Gasteiger partial charge in [0.1, 0.15) is 6.61 Å². The molecule has 1 amide bonds. The Morgan fingerprint density at radius 2 is 1.67 bits per heavy atom. The summed E-state index contributed by atoms with van der Waals surface area (Å²) in [6.45, 7) is 0.852. The van der Waals surface area contributed by atoms with Gasteiger partial charge in [-0.25, -0.2) is 4.79 Å². The van der Waals surface area contributed by atoms with Crippen LogP contribution in [0.3, 0.4) is 0 Å². The maximum absolute atomic E-state index is 12.5. The Kier molecular flexibility index (Phi) is 6.47. The van der Waals surface area contributed by atoms with E-state index in [0.29, 0.717) is 19.4 Å². The first-order valence-corrected chi connectivity index (χ1v) is 9.37. The lowest BCUT2D eigenvalue weighted by Gasteiger charge is -2.26. The predicted molar refractivity (Wildman–Crippen MR) is 102 cm³/mol. The third-order valence-corrected chi connectivity index (χ3v) is 5.05. The fraction of sp³-hybridized carbons (Fsp3) is 0.364. The maximum atomic E-state index is 12.5. The maximum Gasteiger partial charge on any atom is 0.410 e. The molecule has 27 heavy (non-hydrogen) atoms. The number of carboxylic acids is 1. The van der Waals surface area contributed by atoms with Gasteiger partial charge in [-0.3, -0.25) is 4.79 Å². The van der Waals surface area contributed by atoms with Crippen molar-refractivity contribution in [3.63, 3.8) is 0 Å². The lowest BCUT2D eigenvalue weighted by atomic mass is 9.92. The van der Waals surface area contributed by atoms with Gasteiger partial charge in [0.25, 0.3) is 0 Å². The van der Waals surface area contributed by atoms with Crippen molar-refractivity contribution < 1.29 is 19.4 Å². The molecule has 5 nitrogen and oxygen atoms in total. The molecule has 1 N–H and O–H groups in total. The summed E-state index contributed by atoms with van der Waals surface area (Å²) in [5.41, 5.74) is 1.94. The quantitative estimate of drug-likeness (QED) is 0.799. The van der Waals surface area contributed by atoms with Crippen LogP contribution < -0.4 is 0 Å². The summed E-state index contributed by atoms with van der Waals surface area (Å²) in [5, 5.41) is 9.64. The summed E-state index contributed by atoms with van der Waals surface area (Å²) in [4.78, 5) is 25.9. The number of hydrogen-bond acceptors (Lipinski definition) is 3. The molecule has 3 rings (SSSR count). The van der Waals surface area contributed by atoms with Gasteiger partial charge in [0, 0.05) is 12.6 Å². The summed E-state index contributed by atoms with van der Waals surface area (Å²) in [5.74, 6) is -1.33. The Bertz CT molecular complexity index is 747. The molecule has 0 unspecified atom stereocenters. The third-order valence-electron chi connectivity index (χ3n) is 5.05. The molecule has 5 heteroatoms. The largest absolute Gasteiger partial charge is 0.481 e. The zero-order valence-corrected chi connectivity index (χ0v) is 15.3. The minimum atomic E-state index is -0.816. The molecule has 0 aliphatic carbocycles. The van der Waals surface area contributed by atoms with Gasteiger partial charge >= 0.3 is 12.1 Å². The second-order valence-corrected chi connectivity index (χ2v) is 6.99. The number of carbonyl (C=O) groups excluding carboxylic acids is 1. The molecular formula is C22H25NO4. The van der Waals surface area contributed by atoms with E-state index in [1.54, 1.807) is 4.90 Å². The van der Waals surface area contributed by atoms with Crippen LogP contribution in [-0.2, 0) is 22.6 Å². The Hall–Kier alpha value is -2.82. The highest BCUT2D eigenvalue weighted by atomic mass is 16.6. The van der Waals surface area contributed by atoms with Crippen molar-refractivity contribution in [3.05, 3.63) is 71.8 Å². The van der Waals surface area contributed by atoms with Crippen LogP contribution in [0.5, 0.6) is 0 Å². The number of likely N-dealkylation sites (tertiary alicyclic amines) is 1. The lowest BCUT2D eigenvalue weighted by Crippen LogP contribution is -2.38. The van der Waals surface area contributed by atoms with Crippen LogP contribution in [-0.4, -0.2) is 34.7 Å². The second-order valence-electron chi connectivity index (χ2n) is 6.99. The van der Waals surface area contributed by atoms with Gasteiger partial charge in [-0.1, -0.05) is 60.7 Å². The minimum Gasteiger partial charge on any atom is -0.481 e. The van der Waals surface area contributed by atoms with E-state index in [2.05, 4.69) is 0 Å². The highest BCUT2D eigenvalue weighted by Crippen LogP contribution is 2.26. The van der Waals surface area contributed by atoms with Crippen molar-refractivity contribution >= 4 is 12.1 Å². The number of ether oxygens (including phenoxy) is 1. The summed E-state index contributed by atoms with van der Waals surface area (Å²) in [6, 6.07) is 19.1. The Balaban J connectivity index is 1.58. The van der Waals surface area contributed by atoms with E-state index in [4.69, 9.17) is 4.74 Å². The summed E-state index contributed by atoms with van der Waals surface area (Å²) in [6.07, 6.45) is 2.26. The van der Waals surface area contributed by atoms with Gasteiger partial charge in [0.05, 0.1) is 5.92 Å². The van der Waals surface area contributed by atoms with Crippen LogP contribution >= 0.6 is 0 Å². The summed E-state index contributed by atoms with van der Waals surface area (Å²) in [7, 11) is 0. The van der Waals surface area contributed by atoms with Crippen molar-refractivity contribution in [3.8, 4) is 0 Å². The number of hydrogen-bond donors (Lipinski definition) is 1. The van der Waals surface area contributed by atoms with E-state index in [9.17, 15) is 14.7 Å². The first kappa shape index (κ1) is 19.0. The molecule has 2 aromatic rings. The number of amides is 1. The fourth-order valence-electron chi connectivity index (χ4n) is 3.62. The molecule has 1 aliphatic rings. The molecule has 0 spiro atoms. The number of nitrogens with zero attached hydrogens (tertiary/aromatic N) is 1. The molecule has 1 aliphatic heterocycles. The van der Waals surface area contributed by atoms with E-state index >= 15 is 0 Å². The van der Waals surface area contributed by atoms with Gasteiger partial charge in [0.2, 0.25) is 0 Å². The van der Waals surface area contributed by atoms with E-state index in [1.807, 2.05) is 60.7 Å². The first-order chi connectivity index (χ1) is 13.1. The van der Waals surface area contributed by atoms with E-state index in [1.165, 1.54) is 0 Å². The highest BCUT2D eigenvalue weighted by molar-refractivity contribution is 5.71. The molecular weight excluding hydrogens is 342 g/mol. The number of rotatable bonds is 7. The molecule has 1 saturated heterocycles. The number of carboxylic acid groups (broad SMARTS) is 1. The van der Waals surface area contributed by atoms with Gasteiger partial charge in [0.15, 0.2) is 0 Å². The predicted octanol–water partition coefficient (Wildman–Crippen LogP) is 4.12. The van der Waals surface area contributed by atoms with Crippen molar-refractivity contribution in [1.82, 2.24) is 4.90 Å². The highest BCUT2D eigenvalue weighted by Gasteiger charge is 2.33. The molecule has 2 atom stereocenters. The van der Waals surface area contributed by atoms with Gasteiger partial charge in [-0.05, 0) is 36.8 Å². The zero-order valence-electron chi connectivity index (χ0n) is 15.3. The minimum absolute atomic E-state index is 0.0851. The van der Waals surface area contributed by atoms with Crippen LogP contribution in [0.1, 0.15) is 30.4 Å². The van der Waals surface area contributed by atoms with E-state index in [-0.39, 0.29) is 18.7 Å². The zero-order chi connectivity index (χ0) is 19.1. The van der Waals surface area contributed by atoms with Gasteiger partial charge in [-0.15, -0.1) is 0 Å². The van der Waals surface area contributed by atoms with Crippen molar-refractivity contribution in [2.75, 3.05) is 6.54 Å². The monoisotopic (exact) mass is 367 g/mol. The average Bonchev–Trinajstić information content (AvgIpc) is 3.15. The first-order valence-electron chi connectivity index (χ1n) is 9.37. The Labute approximate surface area is 159 Å². The normalized spacial score (nSPS) is 17.5. The van der Waals surface area contributed by atoms with Crippen LogP contribution in [0.2, 0.25) is 0 Å². The van der Waals surface area contributed by atoms with Crippen LogP contribution in [0.25, 0.3) is 0 Å². The molecule has 142 valence electrons. The van der Waals surface area contributed by atoms with Gasteiger partial charge < -0.3 is 14.7 Å². The molecule has 0 bridgehead atoms. The van der Waals surface area contributed by atoms with Crippen molar-refractivity contribution in [2.45, 2.75) is 38.3 Å². The van der Waals surface area contributed by atoms with E-state index in [0.717, 1.165) is 24.0 Å². The third kappa shape index (κ3) is 5.33. The number of carbonyl (C=O) groups is 2. The van der Waals surface area contributed by atoms with Crippen molar-refractivity contribution in [2.24, 2.45) is 5.92 Å². The number of benzene rings is 2. The van der Waals surface area contributed by atoms with Crippen molar-refractivity contribution in [1.29, 1.82) is 0 Å². The smallest absolute Gasteiger partial charge is 0.410 e. The topological polar surface area (TPSA) is 66.8 Å². The Morgan fingerprint density at radius 1 is 1.04 bits per heavy atom. The molecule has 0 saturated carbocycles. The summed E-state index contributed by atoms with van der Waals surface area (Å²) >= 11 is 0. The Morgan fingerprint density at radius 3 is 2.30 bits per heavy atom. The SMILES string of the molecule is O=C(O)[C@@H](Cc1ccccc1)C[C@@H]1CCCN1C(=O)OCc1ccccc1. The molecule has 0 aromatic heterocycles.